The molecule has 0 spiro atoms. The molecule has 8 nitrogen and oxygen atoms in total. The van der Waals surface area contributed by atoms with Crippen molar-refractivity contribution in [2.24, 2.45) is 5.92 Å². The molecular formula is C22H30N4O4. The van der Waals surface area contributed by atoms with Crippen molar-refractivity contribution in [2.75, 3.05) is 7.05 Å². The number of carbonyl (C=O) groups excluding carboxylic acids is 2. The van der Waals surface area contributed by atoms with Crippen molar-refractivity contribution in [3.8, 4) is 0 Å². The molecule has 3 rings (SSSR count). The molecule has 1 aliphatic carbocycles. The Balaban J connectivity index is 1.70. The van der Waals surface area contributed by atoms with Gasteiger partial charge in [0.15, 0.2) is 0 Å². The predicted molar refractivity (Wildman–Crippen MR) is 114 cm³/mol. The number of hydrogen-bond acceptors (Lipinski definition) is 5. The maximum Gasteiger partial charge on any atom is 0.407 e. The van der Waals surface area contributed by atoms with Crippen LogP contribution in [0.5, 0.6) is 0 Å². The first-order valence-corrected chi connectivity index (χ1v) is 10.4. The molecule has 8 heteroatoms. The van der Waals surface area contributed by atoms with Gasteiger partial charge in [-0.2, -0.15) is 0 Å². The summed E-state index contributed by atoms with van der Waals surface area (Å²) in [7, 11) is 1.69. The third-order valence-corrected chi connectivity index (χ3v) is 5.21. The van der Waals surface area contributed by atoms with Crippen LogP contribution in [-0.2, 0) is 16.1 Å². The molecule has 1 aliphatic rings. The number of ether oxygens (including phenoxy) is 1. The van der Waals surface area contributed by atoms with Gasteiger partial charge in [0.1, 0.15) is 11.4 Å². The molecular weight excluding hydrogens is 384 g/mol. The van der Waals surface area contributed by atoms with E-state index in [2.05, 4.69) is 15.3 Å². The Kier molecular flexibility index (Phi) is 6.43. The number of fused-ring (bicyclic) bond motifs is 1. The van der Waals surface area contributed by atoms with Crippen LogP contribution in [0, 0.1) is 5.92 Å². The summed E-state index contributed by atoms with van der Waals surface area (Å²) in [5.41, 5.74) is -0.222. The van der Waals surface area contributed by atoms with Crippen LogP contribution >= 0.6 is 0 Å². The van der Waals surface area contributed by atoms with Crippen molar-refractivity contribution in [3.05, 3.63) is 40.4 Å². The standard InChI is InChI=1S/C22H30N4O4/c1-22(2,3)30-21(29)24-17-12-8-6-10-15(17)20(28)26(4)13-18-23-16-11-7-5-9-14(16)19(27)25-18/h5,7,9,11,15,17H,6,8,10,12-13H2,1-4H3,(H,24,29)(H,23,25,27)/t15-,17+/m1/s1. The summed E-state index contributed by atoms with van der Waals surface area (Å²) >= 11 is 0. The van der Waals surface area contributed by atoms with Crippen molar-refractivity contribution in [2.45, 2.75) is 64.6 Å². The number of hydrogen-bond donors (Lipinski definition) is 2. The van der Waals surface area contributed by atoms with Crippen molar-refractivity contribution >= 4 is 22.9 Å². The third kappa shape index (κ3) is 5.37. The molecule has 0 bridgehead atoms. The zero-order chi connectivity index (χ0) is 21.9. The zero-order valence-corrected chi connectivity index (χ0v) is 18.0. The molecule has 2 amide bonds. The van der Waals surface area contributed by atoms with Gasteiger partial charge in [0, 0.05) is 13.1 Å². The Bertz CT molecular complexity index is 979. The van der Waals surface area contributed by atoms with Crippen molar-refractivity contribution in [1.29, 1.82) is 0 Å². The number of nitrogens with one attached hydrogen (secondary N) is 2. The molecule has 1 aromatic heterocycles. The summed E-state index contributed by atoms with van der Waals surface area (Å²) < 4.78 is 5.35. The highest BCUT2D eigenvalue weighted by molar-refractivity contribution is 5.81. The van der Waals surface area contributed by atoms with E-state index in [1.165, 1.54) is 0 Å². The third-order valence-electron chi connectivity index (χ3n) is 5.21. The summed E-state index contributed by atoms with van der Waals surface area (Å²) in [5, 5.41) is 3.39. The van der Waals surface area contributed by atoms with Gasteiger partial charge in [0.2, 0.25) is 5.91 Å². The van der Waals surface area contributed by atoms with Crippen LogP contribution in [0.15, 0.2) is 29.1 Å². The van der Waals surface area contributed by atoms with Gasteiger partial charge < -0.3 is 19.9 Å². The Hall–Kier alpha value is -2.90. The van der Waals surface area contributed by atoms with E-state index in [0.29, 0.717) is 23.1 Å². The highest BCUT2D eigenvalue weighted by Gasteiger charge is 2.34. The summed E-state index contributed by atoms with van der Waals surface area (Å²) in [6.45, 7) is 5.61. The maximum absolute atomic E-state index is 13.1. The largest absolute Gasteiger partial charge is 0.444 e. The molecule has 0 unspecified atom stereocenters. The van der Waals surface area contributed by atoms with Gasteiger partial charge in [-0.1, -0.05) is 25.0 Å². The molecule has 1 fully saturated rings. The number of aromatic nitrogens is 2. The van der Waals surface area contributed by atoms with E-state index in [9.17, 15) is 14.4 Å². The van der Waals surface area contributed by atoms with Gasteiger partial charge in [-0.05, 0) is 45.7 Å². The lowest BCUT2D eigenvalue weighted by atomic mass is 9.83. The van der Waals surface area contributed by atoms with Gasteiger partial charge in [-0.3, -0.25) is 9.59 Å². The molecule has 0 aliphatic heterocycles. The van der Waals surface area contributed by atoms with E-state index in [-0.39, 0.29) is 30.0 Å². The second-order valence-corrected chi connectivity index (χ2v) is 8.87. The first-order chi connectivity index (χ1) is 14.1. The first kappa shape index (κ1) is 21.8. The molecule has 1 aromatic carbocycles. The van der Waals surface area contributed by atoms with Crippen LogP contribution < -0.4 is 10.9 Å². The number of para-hydroxylation sites is 1. The van der Waals surface area contributed by atoms with Gasteiger partial charge in [0.05, 0.1) is 23.4 Å². The molecule has 162 valence electrons. The van der Waals surface area contributed by atoms with E-state index >= 15 is 0 Å². The van der Waals surface area contributed by atoms with Crippen molar-refractivity contribution in [1.82, 2.24) is 20.2 Å². The highest BCUT2D eigenvalue weighted by atomic mass is 16.6. The average molecular weight is 415 g/mol. The number of benzene rings is 1. The van der Waals surface area contributed by atoms with Crippen molar-refractivity contribution in [3.63, 3.8) is 0 Å². The lowest BCUT2D eigenvalue weighted by molar-refractivity contribution is -0.136. The van der Waals surface area contributed by atoms with Crippen LogP contribution in [0.4, 0.5) is 4.79 Å². The first-order valence-electron chi connectivity index (χ1n) is 10.4. The maximum atomic E-state index is 13.1. The molecule has 2 aromatic rings. The number of alkyl carbamates (subject to hydrolysis) is 1. The summed E-state index contributed by atoms with van der Waals surface area (Å²) in [6, 6.07) is 6.83. The number of nitrogens with zero attached hydrogens (tertiary/aromatic N) is 2. The van der Waals surface area contributed by atoms with Crippen molar-refractivity contribution < 1.29 is 14.3 Å². The second kappa shape index (κ2) is 8.85. The molecule has 0 saturated heterocycles. The van der Waals surface area contributed by atoms with Gasteiger partial charge in [0.25, 0.3) is 5.56 Å². The Morgan fingerprint density at radius 2 is 1.93 bits per heavy atom. The summed E-state index contributed by atoms with van der Waals surface area (Å²) in [5.74, 6) is 0.0250. The number of amides is 2. The molecule has 2 N–H and O–H groups in total. The monoisotopic (exact) mass is 414 g/mol. The minimum absolute atomic E-state index is 0.0773. The fourth-order valence-electron chi connectivity index (χ4n) is 3.85. The van der Waals surface area contributed by atoms with Crippen LogP contribution in [0.3, 0.4) is 0 Å². The minimum atomic E-state index is -0.595. The quantitative estimate of drug-likeness (QED) is 0.800. The average Bonchev–Trinajstić information content (AvgIpc) is 2.66. The SMILES string of the molecule is CN(Cc1nc2ccccc2c(=O)[nH]1)C(=O)[C@@H]1CCCC[C@@H]1NC(=O)OC(C)(C)C. The number of carbonyl (C=O) groups is 2. The Morgan fingerprint density at radius 3 is 2.67 bits per heavy atom. The number of H-pyrrole nitrogens is 1. The summed E-state index contributed by atoms with van der Waals surface area (Å²) in [6.07, 6.45) is 2.81. The van der Waals surface area contributed by atoms with Crippen LogP contribution in [0.1, 0.15) is 52.3 Å². The van der Waals surface area contributed by atoms with E-state index in [1.807, 2.05) is 6.07 Å². The lowest BCUT2D eigenvalue weighted by Gasteiger charge is -2.34. The molecule has 2 atom stereocenters. The Labute approximate surface area is 176 Å². The normalized spacial score (nSPS) is 19.3. The number of aromatic amines is 1. The predicted octanol–water partition coefficient (Wildman–Crippen LogP) is 2.97. The van der Waals surface area contributed by atoms with Crippen LogP contribution in [0.25, 0.3) is 10.9 Å². The fourth-order valence-corrected chi connectivity index (χ4v) is 3.85. The fraction of sp³-hybridized carbons (Fsp3) is 0.545. The molecule has 1 saturated carbocycles. The van der Waals surface area contributed by atoms with E-state index in [0.717, 1.165) is 19.3 Å². The smallest absolute Gasteiger partial charge is 0.407 e. The zero-order valence-electron chi connectivity index (χ0n) is 18.0. The number of rotatable bonds is 4. The lowest BCUT2D eigenvalue weighted by Crippen LogP contribution is -2.49. The minimum Gasteiger partial charge on any atom is -0.444 e. The highest BCUT2D eigenvalue weighted by Crippen LogP contribution is 2.27. The van der Waals surface area contributed by atoms with Gasteiger partial charge in [-0.25, -0.2) is 9.78 Å². The van der Waals surface area contributed by atoms with E-state index in [4.69, 9.17) is 4.74 Å². The van der Waals surface area contributed by atoms with Gasteiger partial charge >= 0.3 is 6.09 Å². The molecule has 30 heavy (non-hydrogen) atoms. The van der Waals surface area contributed by atoms with E-state index < -0.39 is 11.7 Å². The second-order valence-electron chi connectivity index (χ2n) is 8.87. The van der Waals surface area contributed by atoms with Crippen LogP contribution in [-0.4, -0.2) is 45.6 Å². The molecule has 0 radical (unpaired) electrons. The summed E-state index contributed by atoms with van der Waals surface area (Å²) in [4.78, 5) is 46.4. The van der Waals surface area contributed by atoms with Crippen LogP contribution in [0.2, 0.25) is 0 Å². The topological polar surface area (TPSA) is 104 Å². The van der Waals surface area contributed by atoms with E-state index in [1.54, 1.807) is 50.9 Å². The van der Waals surface area contributed by atoms with Gasteiger partial charge in [-0.15, -0.1) is 0 Å². The molecule has 1 heterocycles. The Morgan fingerprint density at radius 1 is 1.23 bits per heavy atom.